The lowest BCUT2D eigenvalue weighted by atomic mass is 9.98. The Kier molecular flexibility index (Phi) is 3.83. The number of hydrogen-bond acceptors (Lipinski definition) is 1. The largest absolute Gasteiger partial charge is 0.384 e. The molecule has 1 nitrogen and oxygen atoms in total. The van der Waals surface area contributed by atoms with Gasteiger partial charge in [0, 0.05) is 10.0 Å². The Morgan fingerprint density at radius 3 is 2.50 bits per heavy atom. The predicted molar refractivity (Wildman–Crippen MR) is 74.1 cm³/mol. The second-order valence-corrected chi connectivity index (χ2v) is 5.29. The monoisotopic (exact) mass is 308 g/mol. The first-order valence-electron chi connectivity index (χ1n) is 5.69. The summed E-state index contributed by atoms with van der Waals surface area (Å²) in [5.41, 5.74) is 2.95. The summed E-state index contributed by atoms with van der Waals surface area (Å²) in [6.07, 6.45) is -0.934. The second kappa shape index (κ2) is 5.21. The number of aliphatic hydroxyl groups is 1. The van der Waals surface area contributed by atoms with Crippen LogP contribution in [-0.2, 0) is 0 Å². The minimum atomic E-state index is -0.934. The minimum absolute atomic E-state index is 0.316. The zero-order chi connectivity index (χ0) is 13.3. The smallest absolute Gasteiger partial charge is 0.129 e. The number of hydrogen-bond donors (Lipinski definition) is 1. The summed E-state index contributed by atoms with van der Waals surface area (Å²) < 4.78 is 14.7. The molecule has 2 aromatic carbocycles. The van der Waals surface area contributed by atoms with E-state index >= 15 is 0 Å². The number of rotatable bonds is 2. The lowest BCUT2D eigenvalue weighted by Gasteiger charge is -2.14. The molecule has 0 radical (unpaired) electrons. The highest BCUT2D eigenvalue weighted by atomic mass is 79.9. The van der Waals surface area contributed by atoms with Crippen LogP contribution < -0.4 is 0 Å². The SMILES string of the molecule is Cc1ccc(F)c(C(O)c2ccc(Br)c(C)c2)c1. The van der Waals surface area contributed by atoms with Gasteiger partial charge in [-0.05, 0) is 37.1 Å². The van der Waals surface area contributed by atoms with Crippen molar-refractivity contribution in [2.45, 2.75) is 20.0 Å². The molecule has 0 aromatic heterocycles. The molecule has 0 aliphatic heterocycles. The van der Waals surface area contributed by atoms with Crippen molar-refractivity contribution in [2.24, 2.45) is 0 Å². The zero-order valence-electron chi connectivity index (χ0n) is 10.2. The normalized spacial score (nSPS) is 12.5. The van der Waals surface area contributed by atoms with Crippen LogP contribution in [0.3, 0.4) is 0 Å². The molecule has 3 heteroatoms. The van der Waals surface area contributed by atoms with Crippen LogP contribution in [0.4, 0.5) is 4.39 Å². The molecular weight excluding hydrogens is 295 g/mol. The topological polar surface area (TPSA) is 20.2 Å². The Labute approximate surface area is 114 Å². The highest BCUT2D eigenvalue weighted by Crippen LogP contribution is 2.28. The van der Waals surface area contributed by atoms with E-state index in [0.717, 1.165) is 15.6 Å². The maximum absolute atomic E-state index is 13.7. The standard InChI is InChI=1S/C15H14BrFO/c1-9-3-6-14(17)12(7-9)15(18)11-4-5-13(16)10(2)8-11/h3-8,15,18H,1-2H3. The Bertz CT molecular complexity index is 581. The van der Waals surface area contributed by atoms with Crippen LogP contribution in [0, 0.1) is 19.7 Å². The molecular formula is C15H14BrFO. The van der Waals surface area contributed by atoms with Crippen LogP contribution in [-0.4, -0.2) is 5.11 Å². The Morgan fingerprint density at radius 2 is 1.83 bits per heavy atom. The molecule has 0 spiro atoms. The fourth-order valence-corrected chi connectivity index (χ4v) is 2.14. The van der Waals surface area contributed by atoms with Crippen molar-refractivity contribution in [2.75, 3.05) is 0 Å². The molecule has 0 amide bonds. The van der Waals surface area contributed by atoms with E-state index in [1.54, 1.807) is 18.2 Å². The quantitative estimate of drug-likeness (QED) is 0.877. The molecule has 18 heavy (non-hydrogen) atoms. The molecule has 2 rings (SSSR count). The number of halogens is 2. The van der Waals surface area contributed by atoms with Crippen molar-refractivity contribution in [1.82, 2.24) is 0 Å². The van der Waals surface area contributed by atoms with Crippen molar-refractivity contribution in [3.63, 3.8) is 0 Å². The summed E-state index contributed by atoms with van der Waals surface area (Å²) in [6.45, 7) is 3.81. The first-order chi connectivity index (χ1) is 8.49. The molecule has 1 atom stereocenters. The summed E-state index contributed by atoms with van der Waals surface area (Å²) in [6, 6.07) is 10.3. The molecule has 0 aliphatic carbocycles. The molecule has 0 bridgehead atoms. The van der Waals surface area contributed by atoms with Gasteiger partial charge in [0.25, 0.3) is 0 Å². The van der Waals surface area contributed by atoms with Gasteiger partial charge in [0.15, 0.2) is 0 Å². The van der Waals surface area contributed by atoms with Gasteiger partial charge < -0.3 is 5.11 Å². The summed E-state index contributed by atoms with van der Waals surface area (Å²) in [5, 5.41) is 10.3. The maximum atomic E-state index is 13.7. The Hall–Kier alpha value is -1.19. The predicted octanol–water partition coefficient (Wildman–Crippen LogP) is 4.29. The highest BCUT2D eigenvalue weighted by molar-refractivity contribution is 9.10. The third kappa shape index (κ3) is 2.62. The first-order valence-corrected chi connectivity index (χ1v) is 6.48. The molecule has 2 aromatic rings. The van der Waals surface area contributed by atoms with Gasteiger partial charge >= 0.3 is 0 Å². The average Bonchev–Trinajstić information content (AvgIpc) is 2.35. The van der Waals surface area contributed by atoms with Gasteiger partial charge in [0.1, 0.15) is 11.9 Å². The van der Waals surface area contributed by atoms with E-state index in [4.69, 9.17) is 0 Å². The molecule has 0 aliphatic rings. The van der Waals surface area contributed by atoms with Gasteiger partial charge in [-0.1, -0.05) is 45.8 Å². The highest BCUT2D eigenvalue weighted by Gasteiger charge is 2.15. The molecule has 1 unspecified atom stereocenters. The van der Waals surface area contributed by atoms with Gasteiger partial charge in [-0.3, -0.25) is 0 Å². The average molecular weight is 309 g/mol. The van der Waals surface area contributed by atoms with Crippen LogP contribution in [0.5, 0.6) is 0 Å². The van der Waals surface area contributed by atoms with Crippen LogP contribution >= 0.6 is 15.9 Å². The minimum Gasteiger partial charge on any atom is -0.384 e. The fourth-order valence-electron chi connectivity index (χ4n) is 1.89. The van der Waals surface area contributed by atoms with Crippen LogP contribution in [0.2, 0.25) is 0 Å². The molecule has 0 heterocycles. The third-order valence-electron chi connectivity index (χ3n) is 2.94. The van der Waals surface area contributed by atoms with Gasteiger partial charge in [-0.25, -0.2) is 4.39 Å². The second-order valence-electron chi connectivity index (χ2n) is 4.44. The van der Waals surface area contributed by atoms with Crippen molar-refractivity contribution in [3.05, 3.63) is 68.9 Å². The molecule has 94 valence electrons. The van der Waals surface area contributed by atoms with E-state index in [9.17, 15) is 9.50 Å². The van der Waals surface area contributed by atoms with Gasteiger partial charge in [-0.15, -0.1) is 0 Å². The third-order valence-corrected chi connectivity index (χ3v) is 3.83. The van der Waals surface area contributed by atoms with Crippen LogP contribution in [0.15, 0.2) is 40.9 Å². The van der Waals surface area contributed by atoms with Gasteiger partial charge in [0.2, 0.25) is 0 Å². The summed E-state index contributed by atoms with van der Waals surface area (Å²) >= 11 is 3.41. The lowest BCUT2D eigenvalue weighted by molar-refractivity contribution is 0.215. The van der Waals surface area contributed by atoms with E-state index in [1.165, 1.54) is 6.07 Å². The van der Waals surface area contributed by atoms with Crippen molar-refractivity contribution in [1.29, 1.82) is 0 Å². The van der Waals surface area contributed by atoms with E-state index in [2.05, 4.69) is 15.9 Å². The van der Waals surface area contributed by atoms with Crippen molar-refractivity contribution in [3.8, 4) is 0 Å². The Morgan fingerprint density at radius 1 is 1.11 bits per heavy atom. The van der Waals surface area contributed by atoms with Crippen molar-refractivity contribution < 1.29 is 9.50 Å². The number of aliphatic hydroxyl groups excluding tert-OH is 1. The first kappa shape index (κ1) is 13.2. The van der Waals surface area contributed by atoms with E-state index in [1.807, 2.05) is 26.0 Å². The number of benzene rings is 2. The molecule has 0 saturated heterocycles. The summed E-state index contributed by atoms with van der Waals surface area (Å²) in [4.78, 5) is 0. The van der Waals surface area contributed by atoms with E-state index in [0.29, 0.717) is 11.1 Å². The molecule has 0 saturated carbocycles. The Balaban J connectivity index is 2.44. The lowest BCUT2D eigenvalue weighted by Crippen LogP contribution is -2.03. The zero-order valence-corrected chi connectivity index (χ0v) is 11.8. The van der Waals surface area contributed by atoms with E-state index in [-0.39, 0.29) is 5.82 Å². The summed E-state index contributed by atoms with van der Waals surface area (Å²) in [7, 11) is 0. The van der Waals surface area contributed by atoms with Crippen LogP contribution in [0.1, 0.15) is 28.4 Å². The summed E-state index contributed by atoms with van der Waals surface area (Å²) in [5.74, 6) is -0.381. The molecule has 1 N–H and O–H groups in total. The van der Waals surface area contributed by atoms with Gasteiger partial charge in [0.05, 0.1) is 0 Å². The maximum Gasteiger partial charge on any atom is 0.129 e. The van der Waals surface area contributed by atoms with Crippen molar-refractivity contribution >= 4 is 15.9 Å². The van der Waals surface area contributed by atoms with Gasteiger partial charge in [-0.2, -0.15) is 0 Å². The fraction of sp³-hybridized carbons (Fsp3) is 0.200. The number of aryl methyl sites for hydroxylation is 2. The molecule has 0 fully saturated rings. The van der Waals surface area contributed by atoms with Crippen LogP contribution in [0.25, 0.3) is 0 Å². The van der Waals surface area contributed by atoms with E-state index < -0.39 is 6.10 Å².